The van der Waals surface area contributed by atoms with E-state index in [9.17, 15) is 14.4 Å². The maximum Gasteiger partial charge on any atom is 0.258 e. The van der Waals surface area contributed by atoms with Crippen LogP contribution in [0.15, 0.2) is 54.6 Å². The number of nitrogens with one attached hydrogen (secondary N) is 2. The number of nitrogens with zero attached hydrogens (tertiary/aromatic N) is 2. The van der Waals surface area contributed by atoms with E-state index in [0.29, 0.717) is 29.1 Å². The number of fused-ring (bicyclic) bond motifs is 1. The number of aryl methyl sites for hydroxylation is 2. The first-order chi connectivity index (χ1) is 18.9. The SMILES string of the molecule is CCc1ccc([C@@](CC)(NC(=O)c2c(C)nn3c2N[C@@H](c2ccccc2)CC3(C)C)C(=O)C[C@@H](C)C(N)=O)cc1. The number of nitrogens with two attached hydrogens (primary N) is 1. The number of aromatic nitrogens is 2. The van der Waals surface area contributed by atoms with Crippen molar-refractivity contribution in [3.8, 4) is 0 Å². The van der Waals surface area contributed by atoms with Crippen LogP contribution < -0.4 is 16.4 Å². The molecule has 0 saturated carbocycles. The highest BCUT2D eigenvalue weighted by molar-refractivity contribution is 6.04. The fourth-order valence-corrected chi connectivity index (χ4v) is 5.69. The van der Waals surface area contributed by atoms with Gasteiger partial charge in [0.25, 0.3) is 5.91 Å². The zero-order chi connectivity index (χ0) is 29.2. The highest BCUT2D eigenvalue weighted by Crippen LogP contribution is 2.41. The van der Waals surface area contributed by atoms with E-state index >= 15 is 0 Å². The van der Waals surface area contributed by atoms with Crippen LogP contribution in [0.25, 0.3) is 0 Å². The molecule has 0 aliphatic carbocycles. The molecule has 4 rings (SSSR count). The summed E-state index contributed by atoms with van der Waals surface area (Å²) >= 11 is 0. The van der Waals surface area contributed by atoms with Gasteiger partial charge in [0.05, 0.1) is 17.3 Å². The lowest BCUT2D eigenvalue weighted by molar-refractivity contribution is -0.130. The summed E-state index contributed by atoms with van der Waals surface area (Å²) in [5.41, 5.74) is 7.73. The van der Waals surface area contributed by atoms with Crippen LogP contribution in [-0.4, -0.2) is 27.4 Å². The Hall–Kier alpha value is -3.94. The second kappa shape index (κ2) is 11.3. The predicted octanol–water partition coefficient (Wildman–Crippen LogP) is 5.16. The van der Waals surface area contributed by atoms with Gasteiger partial charge in [0.15, 0.2) is 5.78 Å². The fraction of sp³-hybridized carbons (Fsp3) is 0.438. The van der Waals surface area contributed by atoms with Crippen LogP contribution in [-0.2, 0) is 27.1 Å². The molecule has 212 valence electrons. The van der Waals surface area contributed by atoms with Crippen molar-refractivity contribution >= 4 is 23.4 Å². The molecule has 2 amide bonds. The van der Waals surface area contributed by atoms with Crippen molar-refractivity contribution in [2.45, 2.75) is 84.3 Å². The van der Waals surface area contributed by atoms with E-state index in [4.69, 9.17) is 10.8 Å². The lowest BCUT2D eigenvalue weighted by Gasteiger charge is -2.38. The van der Waals surface area contributed by atoms with E-state index in [1.165, 1.54) is 0 Å². The number of primary amides is 1. The normalized spacial score (nSPS) is 18.1. The van der Waals surface area contributed by atoms with Crippen LogP contribution in [0.1, 0.15) is 92.7 Å². The third kappa shape index (κ3) is 5.40. The van der Waals surface area contributed by atoms with Gasteiger partial charge in [0, 0.05) is 12.3 Å². The molecule has 8 heteroatoms. The first-order valence-electron chi connectivity index (χ1n) is 14.1. The topological polar surface area (TPSA) is 119 Å². The standard InChI is InChI=1S/C32H41N5O3/c1-7-22-14-16-24(17-15-22)32(8-2,26(38)18-20(3)28(33)39)35-30(40)27-21(4)36-37-29(27)34-25(19-31(37,5)6)23-12-10-9-11-13-23/h9-17,20,25,34H,7-8,18-19H2,1-6H3,(H2,33,39)(H,35,40)/t20-,25-,32-/m1/s1. The van der Waals surface area contributed by atoms with Crippen molar-refractivity contribution in [2.75, 3.05) is 5.32 Å². The molecule has 0 saturated heterocycles. The summed E-state index contributed by atoms with van der Waals surface area (Å²) in [6, 6.07) is 17.9. The molecule has 3 aromatic rings. The Labute approximate surface area is 236 Å². The first kappa shape index (κ1) is 29.1. The summed E-state index contributed by atoms with van der Waals surface area (Å²) in [7, 11) is 0. The smallest absolute Gasteiger partial charge is 0.258 e. The minimum absolute atomic E-state index is 0.0121. The molecule has 0 radical (unpaired) electrons. The number of carbonyl (C=O) groups is 3. The largest absolute Gasteiger partial charge is 0.369 e. The third-order valence-electron chi connectivity index (χ3n) is 8.24. The van der Waals surface area contributed by atoms with E-state index in [-0.39, 0.29) is 23.8 Å². The van der Waals surface area contributed by atoms with Crippen LogP contribution in [0, 0.1) is 12.8 Å². The van der Waals surface area contributed by atoms with Crippen molar-refractivity contribution < 1.29 is 14.4 Å². The molecule has 40 heavy (non-hydrogen) atoms. The molecular weight excluding hydrogens is 502 g/mol. The average molecular weight is 544 g/mol. The third-order valence-corrected chi connectivity index (χ3v) is 8.24. The monoisotopic (exact) mass is 543 g/mol. The van der Waals surface area contributed by atoms with Gasteiger partial charge in [-0.1, -0.05) is 75.4 Å². The predicted molar refractivity (Wildman–Crippen MR) is 157 cm³/mol. The zero-order valence-corrected chi connectivity index (χ0v) is 24.4. The van der Waals surface area contributed by atoms with Gasteiger partial charge in [-0.05, 0) is 56.7 Å². The van der Waals surface area contributed by atoms with Gasteiger partial charge >= 0.3 is 0 Å². The summed E-state index contributed by atoms with van der Waals surface area (Å²) in [6.07, 6.45) is 1.87. The fourth-order valence-electron chi connectivity index (χ4n) is 5.69. The van der Waals surface area contributed by atoms with E-state index in [0.717, 1.165) is 24.0 Å². The molecule has 0 fully saturated rings. The minimum Gasteiger partial charge on any atom is -0.369 e. The van der Waals surface area contributed by atoms with Gasteiger partial charge in [-0.15, -0.1) is 0 Å². The summed E-state index contributed by atoms with van der Waals surface area (Å²) < 4.78 is 1.89. The summed E-state index contributed by atoms with van der Waals surface area (Å²) in [5, 5.41) is 11.5. The number of anilines is 1. The number of ketones is 1. The van der Waals surface area contributed by atoms with Crippen LogP contribution >= 0.6 is 0 Å². The molecule has 2 heterocycles. The number of hydrogen-bond acceptors (Lipinski definition) is 5. The average Bonchev–Trinajstić information content (AvgIpc) is 3.28. The van der Waals surface area contributed by atoms with Gasteiger partial charge in [0.2, 0.25) is 5.91 Å². The van der Waals surface area contributed by atoms with Crippen LogP contribution in [0.2, 0.25) is 0 Å². The van der Waals surface area contributed by atoms with Gasteiger partial charge in [0.1, 0.15) is 16.9 Å². The van der Waals surface area contributed by atoms with Crippen LogP contribution in [0.5, 0.6) is 0 Å². The van der Waals surface area contributed by atoms with Crippen molar-refractivity contribution in [1.82, 2.24) is 15.1 Å². The molecule has 4 N–H and O–H groups in total. The molecule has 2 aromatic carbocycles. The molecular formula is C32H41N5O3. The van der Waals surface area contributed by atoms with Gasteiger partial charge in [-0.2, -0.15) is 5.10 Å². The molecule has 3 atom stereocenters. The highest BCUT2D eigenvalue weighted by Gasteiger charge is 2.43. The maximum absolute atomic E-state index is 14.2. The Morgan fingerprint density at radius 3 is 2.35 bits per heavy atom. The van der Waals surface area contributed by atoms with Crippen molar-refractivity contribution in [1.29, 1.82) is 0 Å². The Balaban J connectivity index is 1.77. The molecule has 0 unspecified atom stereocenters. The molecule has 8 nitrogen and oxygen atoms in total. The minimum atomic E-state index is -1.34. The number of Topliss-reactive ketones (excluding diaryl/α,β-unsaturated/α-hetero) is 1. The molecule has 0 bridgehead atoms. The number of hydrogen-bond donors (Lipinski definition) is 3. The van der Waals surface area contributed by atoms with Gasteiger partial charge < -0.3 is 16.4 Å². The maximum atomic E-state index is 14.2. The lowest BCUT2D eigenvalue weighted by atomic mass is 9.79. The van der Waals surface area contributed by atoms with E-state index in [1.807, 2.05) is 61.0 Å². The quantitative estimate of drug-likeness (QED) is 0.326. The molecule has 1 aliphatic rings. The second-order valence-electron chi connectivity index (χ2n) is 11.5. The van der Waals surface area contributed by atoms with E-state index in [2.05, 4.69) is 43.5 Å². The Morgan fingerprint density at radius 2 is 1.77 bits per heavy atom. The Bertz CT molecular complexity index is 1390. The zero-order valence-electron chi connectivity index (χ0n) is 24.4. The van der Waals surface area contributed by atoms with Gasteiger partial charge in [-0.3, -0.25) is 14.4 Å². The summed E-state index contributed by atoms with van der Waals surface area (Å²) in [4.78, 5) is 40.0. The number of benzene rings is 2. The first-order valence-corrected chi connectivity index (χ1v) is 14.1. The molecule has 1 aliphatic heterocycles. The number of amides is 2. The number of rotatable bonds is 10. The Morgan fingerprint density at radius 1 is 1.12 bits per heavy atom. The highest BCUT2D eigenvalue weighted by atomic mass is 16.2. The van der Waals surface area contributed by atoms with E-state index in [1.54, 1.807) is 6.92 Å². The van der Waals surface area contributed by atoms with Crippen molar-refractivity contribution in [2.24, 2.45) is 11.7 Å². The second-order valence-corrected chi connectivity index (χ2v) is 11.5. The summed E-state index contributed by atoms with van der Waals surface area (Å²) in [5.74, 6) is -1.23. The van der Waals surface area contributed by atoms with Crippen molar-refractivity contribution in [3.63, 3.8) is 0 Å². The number of carbonyl (C=O) groups excluding carboxylic acids is 3. The molecule has 1 aromatic heterocycles. The summed E-state index contributed by atoms with van der Waals surface area (Å²) in [6.45, 7) is 11.6. The Kier molecular flexibility index (Phi) is 8.19. The van der Waals surface area contributed by atoms with Crippen LogP contribution in [0.3, 0.4) is 0 Å². The van der Waals surface area contributed by atoms with Crippen LogP contribution in [0.4, 0.5) is 5.82 Å². The lowest BCUT2D eigenvalue weighted by Crippen LogP contribution is -2.52. The van der Waals surface area contributed by atoms with E-state index < -0.39 is 23.3 Å². The van der Waals surface area contributed by atoms with Crippen molar-refractivity contribution in [3.05, 3.63) is 82.5 Å². The van der Waals surface area contributed by atoms with Gasteiger partial charge in [-0.25, -0.2) is 4.68 Å². The molecule has 0 spiro atoms.